The molecule has 1 N–H and O–H groups in total. The SMILES string of the molecule is COc1cc([B]OC(C)(C)C(C)(C)O)cc(F)c1C(=O)C1CCC(CC(F)(F)F)C1. The van der Waals surface area contributed by atoms with Crippen LogP contribution in [-0.4, -0.2) is 42.9 Å². The third kappa shape index (κ3) is 5.97. The fraction of sp³-hybridized carbons (Fsp3) is 0.667. The minimum absolute atomic E-state index is 0.00446. The van der Waals surface area contributed by atoms with Crippen molar-refractivity contribution in [2.24, 2.45) is 11.8 Å². The van der Waals surface area contributed by atoms with Crippen molar-refractivity contribution in [1.29, 1.82) is 0 Å². The summed E-state index contributed by atoms with van der Waals surface area (Å²) in [5.74, 6) is -2.66. The van der Waals surface area contributed by atoms with Crippen LogP contribution in [0.3, 0.4) is 0 Å². The van der Waals surface area contributed by atoms with Gasteiger partial charge in [-0.25, -0.2) is 4.39 Å². The summed E-state index contributed by atoms with van der Waals surface area (Å²) in [6.45, 7) is 6.51. The monoisotopic (exact) mass is 431 g/mol. The summed E-state index contributed by atoms with van der Waals surface area (Å²) in [5.41, 5.74) is -2.10. The second-order valence-electron chi connectivity index (χ2n) is 8.94. The average molecular weight is 431 g/mol. The Labute approximate surface area is 175 Å². The zero-order chi connectivity index (χ0) is 22.9. The molecule has 2 unspecified atom stereocenters. The van der Waals surface area contributed by atoms with Gasteiger partial charge in [-0.05, 0) is 70.5 Å². The molecular formula is C21H28BF4O4. The molecule has 0 saturated heterocycles. The normalized spacial score (nSPS) is 20.3. The van der Waals surface area contributed by atoms with Gasteiger partial charge in [-0.2, -0.15) is 13.2 Å². The number of ether oxygens (including phenoxy) is 1. The minimum atomic E-state index is -4.28. The van der Waals surface area contributed by atoms with Crippen molar-refractivity contribution >= 4 is 18.7 Å². The van der Waals surface area contributed by atoms with E-state index in [1.807, 2.05) is 0 Å². The van der Waals surface area contributed by atoms with Gasteiger partial charge >= 0.3 is 13.7 Å². The van der Waals surface area contributed by atoms with E-state index >= 15 is 0 Å². The molecule has 0 aliphatic heterocycles. The summed E-state index contributed by atoms with van der Waals surface area (Å²) in [5, 5.41) is 10.2. The molecule has 0 heterocycles. The largest absolute Gasteiger partial charge is 0.496 e. The molecule has 2 atom stereocenters. The second kappa shape index (κ2) is 8.87. The first-order valence-electron chi connectivity index (χ1n) is 9.86. The van der Waals surface area contributed by atoms with Crippen LogP contribution in [0.15, 0.2) is 12.1 Å². The van der Waals surface area contributed by atoms with E-state index in [0.29, 0.717) is 11.9 Å². The van der Waals surface area contributed by atoms with Crippen LogP contribution in [0.25, 0.3) is 0 Å². The molecule has 9 heteroatoms. The lowest BCUT2D eigenvalue weighted by atomic mass is 9.81. The lowest BCUT2D eigenvalue weighted by Crippen LogP contribution is -2.49. The van der Waals surface area contributed by atoms with Crippen LogP contribution < -0.4 is 10.2 Å². The summed E-state index contributed by atoms with van der Waals surface area (Å²) in [4.78, 5) is 12.8. The highest BCUT2D eigenvalue weighted by atomic mass is 19.4. The smallest absolute Gasteiger partial charge is 0.389 e. The Morgan fingerprint density at radius 2 is 1.83 bits per heavy atom. The Morgan fingerprint density at radius 1 is 1.20 bits per heavy atom. The van der Waals surface area contributed by atoms with E-state index in [-0.39, 0.29) is 24.2 Å². The van der Waals surface area contributed by atoms with Gasteiger partial charge in [0, 0.05) is 12.3 Å². The summed E-state index contributed by atoms with van der Waals surface area (Å²) >= 11 is 0. The van der Waals surface area contributed by atoms with Gasteiger partial charge < -0.3 is 14.5 Å². The number of methoxy groups -OCH3 is 1. The number of aliphatic hydroxyl groups is 1. The molecule has 0 aromatic heterocycles. The van der Waals surface area contributed by atoms with Crippen LogP contribution in [0.4, 0.5) is 17.6 Å². The van der Waals surface area contributed by atoms with E-state index in [1.54, 1.807) is 27.7 Å². The van der Waals surface area contributed by atoms with Gasteiger partial charge in [0.15, 0.2) is 5.78 Å². The Hall–Kier alpha value is -1.61. The molecule has 4 nitrogen and oxygen atoms in total. The number of alkyl halides is 3. The fourth-order valence-corrected chi connectivity index (χ4v) is 3.46. The van der Waals surface area contributed by atoms with Crippen LogP contribution in [0, 0.1) is 17.7 Å². The number of carbonyl (C=O) groups is 1. The van der Waals surface area contributed by atoms with Crippen molar-refractivity contribution < 1.29 is 36.9 Å². The van der Waals surface area contributed by atoms with Gasteiger partial charge in [-0.1, -0.05) is 0 Å². The highest BCUT2D eigenvalue weighted by Gasteiger charge is 2.39. The Morgan fingerprint density at radius 3 is 2.37 bits per heavy atom. The topological polar surface area (TPSA) is 55.8 Å². The predicted octanol–water partition coefficient (Wildman–Crippen LogP) is 4.20. The van der Waals surface area contributed by atoms with E-state index in [4.69, 9.17) is 9.39 Å². The van der Waals surface area contributed by atoms with Crippen LogP contribution in [0.5, 0.6) is 5.75 Å². The zero-order valence-corrected chi connectivity index (χ0v) is 17.9. The minimum Gasteiger partial charge on any atom is -0.496 e. The number of benzene rings is 1. The Bertz CT molecular complexity index is 771. The van der Waals surface area contributed by atoms with Crippen molar-refractivity contribution in [1.82, 2.24) is 0 Å². The Kier molecular flexibility index (Phi) is 7.29. The molecule has 0 bridgehead atoms. The molecule has 0 amide bonds. The lowest BCUT2D eigenvalue weighted by Gasteiger charge is -2.37. The maximum Gasteiger partial charge on any atom is 0.389 e. The molecule has 1 saturated carbocycles. The molecule has 1 aromatic carbocycles. The van der Waals surface area contributed by atoms with Crippen molar-refractivity contribution in [2.75, 3.05) is 7.11 Å². The molecule has 1 aliphatic rings. The van der Waals surface area contributed by atoms with E-state index < -0.39 is 47.2 Å². The van der Waals surface area contributed by atoms with Crippen LogP contribution in [0.1, 0.15) is 63.7 Å². The van der Waals surface area contributed by atoms with E-state index in [0.717, 1.165) is 6.07 Å². The molecule has 1 radical (unpaired) electrons. The number of halogens is 4. The molecular weight excluding hydrogens is 403 g/mol. The standard InChI is InChI=1S/C21H28BF4O4/c1-19(2,28)20(3,4)30-22-14-9-15(23)17(16(10-14)29-5)18(27)13-7-6-12(8-13)11-21(24,25)26/h9-10,12-13,28H,6-8,11H2,1-5H3. The lowest BCUT2D eigenvalue weighted by molar-refractivity contribution is -0.144. The van der Waals surface area contributed by atoms with Crippen molar-refractivity contribution in [3.63, 3.8) is 0 Å². The summed E-state index contributed by atoms with van der Waals surface area (Å²) < 4.78 is 63.5. The number of ketones is 1. The number of rotatable bonds is 8. The maximum atomic E-state index is 14.8. The number of carbonyl (C=O) groups excluding carboxylic acids is 1. The molecule has 0 spiro atoms. The Balaban J connectivity index is 2.17. The third-order valence-electron chi connectivity index (χ3n) is 5.94. The van der Waals surface area contributed by atoms with Crippen molar-refractivity contribution in [3.8, 4) is 5.75 Å². The van der Waals surface area contributed by atoms with Gasteiger partial charge in [-0.3, -0.25) is 4.79 Å². The highest BCUT2D eigenvalue weighted by molar-refractivity contribution is 6.47. The number of hydrogen-bond donors (Lipinski definition) is 1. The van der Waals surface area contributed by atoms with Crippen molar-refractivity contribution in [3.05, 3.63) is 23.5 Å². The van der Waals surface area contributed by atoms with Crippen LogP contribution in [-0.2, 0) is 4.65 Å². The van der Waals surface area contributed by atoms with E-state index in [2.05, 4.69) is 0 Å². The zero-order valence-electron chi connectivity index (χ0n) is 17.9. The number of Topliss-reactive ketones (excluding diaryl/α,β-unsaturated/α-hetero) is 1. The average Bonchev–Trinajstić information content (AvgIpc) is 3.04. The van der Waals surface area contributed by atoms with E-state index in [9.17, 15) is 27.5 Å². The van der Waals surface area contributed by atoms with E-state index in [1.165, 1.54) is 20.7 Å². The first-order chi connectivity index (χ1) is 13.6. The molecule has 2 rings (SSSR count). The van der Waals surface area contributed by atoms with Crippen LogP contribution >= 0.6 is 0 Å². The highest BCUT2D eigenvalue weighted by Crippen LogP contribution is 2.40. The van der Waals surface area contributed by atoms with Gasteiger partial charge in [0.2, 0.25) is 0 Å². The quantitative estimate of drug-likeness (QED) is 0.381. The first-order valence-corrected chi connectivity index (χ1v) is 9.86. The molecule has 1 aromatic rings. The van der Waals surface area contributed by atoms with Gasteiger partial charge in [-0.15, -0.1) is 0 Å². The predicted molar refractivity (Wildman–Crippen MR) is 106 cm³/mol. The molecule has 167 valence electrons. The molecule has 1 fully saturated rings. The summed E-state index contributed by atoms with van der Waals surface area (Å²) in [6, 6.07) is 2.54. The summed E-state index contributed by atoms with van der Waals surface area (Å²) in [6.07, 6.45) is -4.55. The molecule has 30 heavy (non-hydrogen) atoms. The number of hydrogen-bond acceptors (Lipinski definition) is 4. The summed E-state index contributed by atoms with van der Waals surface area (Å²) in [7, 11) is 2.56. The van der Waals surface area contributed by atoms with Crippen LogP contribution in [0.2, 0.25) is 0 Å². The maximum absolute atomic E-state index is 14.8. The van der Waals surface area contributed by atoms with Crippen molar-refractivity contribution in [2.45, 2.75) is 70.8 Å². The molecule has 1 aliphatic carbocycles. The van der Waals surface area contributed by atoms with Gasteiger partial charge in [0.25, 0.3) is 0 Å². The fourth-order valence-electron chi connectivity index (χ4n) is 3.46. The van der Waals surface area contributed by atoms with Gasteiger partial charge in [0.05, 0.1) is 23.9 Å². The van der Waals surface area contributed by atoms with Gasteiger partial charge in [0.1, 0.15) is 11.6 Å². The second-order valence-corrected chi connectivity index (χ2v) is 8.94. The first kappa shape index (κ1) is 24.7. The third-order valence-corrected chi connectivity index (χ3v) is 5.94.